The van der Waals surface area contributed by atoms with Crippen LogP contribution in [-0.4, -0.2) is 25.5 Å². The summed E-state index contributed by atoms with van der Waals surface area (Å²) >= 11 is 0. The zero-order valence-corrected chi connectivity index (χ0v) is 13.9. The number of ether oxygens (including phenoxy) is 1. The Kier molecular flexibility index (Phi) is 6.18. The molecule has 2 rings (SSSR count). The summed E-state index contributed by atoms with van der Waals surface area (Å²) in [6, 6.07) is 15.7. The predicted octanol–water partition coefficient (Wildman–Crippen LogP) is 2.91. The first-order chi connectivity index (χ1) is 11.1. The van der Waals surface area contributed by atoms with Gasteiger partial charge in [-0.25, -0.2) is 0 Å². The summed E-state index contributed by atoms with van der Waals surface area (Å²) in [5, 5.41) is 5.99. The minimum atomic E-state index is -0.0897. The third-order valence-electron chi connectivity index (χ3n) is 3.65. The van der Waals surface area contributed by atoms with E-state index in [2.05, 4.69) is 29.7 Å². The van der Waals surface area contributed by atoms with Crippen molar-refractivity contribution in [1.29, 1.82) is 0 Å². The standard InChI is InChI=1S/C19H24N2O2/c1-14-6-4-7-16(10-14)13-23-18-9-5-8-17(11-18)19(22)21-12-15(2)20-3/h4-11,15,20H,12-13H2,1-3H3,(H,21,22). The Hall–Kier alpha value is -2.33. The normalized spacial score (nSPS) is 11.8. The van der Waals surface area contributed by atoms with E-state index in [1.54, 1.807) is 12.1 Å². The molecule has 23 heavy (non-hydrogen) atoms. The molecule has 0 fully saturated rings. The molecule has 2 N–H and O–H groups in total. The number of carbonyl (C=O) groups is 1. The molecule has 0 saturated heterocycles. The maximum absolute atomic E-state index is 12.1. The van der Waals surface area contributed by atoms with E-state index in [0.717, 1.165) is 5.56 Å². The highest BCUT2D eigenvalue weighted by Crippen LogP contribution is 2.15. The average molecular weight is 312 g/mol. The first-order valence-electron chi connectivity index (χ1n) is 7.82. The molecule has 0 saturated carbocycles. The van der Waals surface area contributed by atoms with Crippen molar-refractivity contribution in [2.24, 2.45) is 0 Å². The minimum absolute atomic E-state index is 0.0897. The molecule has 0 spiro atoms. The van der Waals surface area contributed by atoms with E-state index in [0.29, 0.717) is 24.5 Å². The van der Waals surface area contributed by atoms with Gasteiger partial charge in [0.1, 0.15) is 12.4 Å². The zero-order valence-electron chi connectivity index (χ0n) is 13.9. The van der Waals surface area contributed by atoms with Crippen LogP contribution in [0.4, 0.5) is 0 Å². The first kappa shape index (κ1) is 17.0. The molecular formula is C19H24N2O2. The Bertz CT molecular complexity index is 655. The maximum atomic E-state index is 12.1. The van der Waals surface area contributed by atoms with E-state index in [9.17, 15) is 4.79 Å². The molecule has 2 aromatic carbocycles. The molecule has 2 aromatic rings. The predicted molar refractivity (Wildman–Crippen MR) is 92.8 cm³/mol. The molecule has 0 aliphatic rings. The Morgan fingerprint density at radius 3 is 2.70 bits per heavy atom. The van der Waals surface area contributed by atoms with E-state index < -0.39 is 0 Å². The van der Waals surface area contributed by atoms with Gasteiger partial charge in [-0.3, -0.25) is 4.79 Å². The third kappa shape index (κ3) is 5.42. The van der Waals surface area contributed by atoms with Crippen molar-refractivity contribution in [1.82, 2.24) is 10.6 Å². The molecule has 0 aromatic heterocycles. The van der Waals surface area contributed by atoms with Crippen LogP contribution in [0.25, 0.3) is 0 Å². The highest BCUT2D eigenvalue weighted by Gasteiger charge is 2.08. The van der Waals surface area contributed by atoms with Crippen LogP contribution in [0, 0.1) is 6.92 Å². The highest BCUT2D eigenvalue weighted by atomic mass is 16.5. The number of likely N-dealkylation sites (N-methyl/N-ethyl adjacent to an activating group) is 1. The van der Waals surface area contributed by atoms with Gasteiger partial charge in [0.05, 0.1) is 0 Å². The molecule has 122 valence electrons. The van der Waals surface area contributed by atoms with Gasteiger partial charge in [0, 0.05) is 18.2 Å². The first-order valence-corrected chi connectivity index (χ1v) is 7.82. The fourth-order valence-corrected chi connectivity index (χ4v) is 2.15. The summed E-state index contributed by atoms with van der Waals surface area (Å²) in [7, 11) is 1.87. The lowest BCUT2D eigenvalue weighted by atomic mass is 10.1. The van der Waals surface area contributed by atoms with Gasteiger partial charge in [0.25, 0.3) is 5.91 Å². The fraction of sp³-hybridized carbons (Fsp3) is 0.316. The lowest BCUT2D eigenvalue weighted by molar-refractivity contribution is 0.0950. The number of benzene rings is 2. The molecule has 4 heteroatoms. The van der Waals surface area contributed by atoms with Crippen molar-refractivity contribution in [2.75, 3.05) is 13.6 Å². The summed E-state index contributed by atoms with van der Waals surface area (Å²) in [5.41, 5.74) is 2.93. The Morgan fingerprint density at radius 2 is 1.96 bits per heavy atom. The molecule has 0 aliphatic carbocycles. The van der Waals surface area contributed by atoms with Gasteiger partial charge in [-0.1, -0.05) is 35.9 Å². The van der Waals surface area contributed by atoms with Crippen LogP contribution in [0.15, 0.2) is 48.5 Å². The van der Waals surface area contributed by atoms with E-state index in [1.807, 2.05) is 38.2 Å². The number of amides is 1. The molecule has 0 bridgehead atoms. The molecular weight excluding hydrogens is 288 g/mol. The summed E-state index contributed by atoms with van der Waals surface area (Å²) in [6.07, 6.45) is 0. The van der Waals surface area contributed by atoms with Gasteiger partial charge in [-0.2, -0.15) is 0 Å². The van der Waals surface area contributed by atoms with Gasteiger partial charge < -0.3 is 15.4 Å². The minimum Gasteiger partial charge on any atom is -0.489 e. The number of rotatable bonds is 7. The zero-order chi connectivity index (χ0) is 16.7. The summed E-state index contributed by atoms with van der Waals surface area (Å²) in [6.45, 7) is 5.15. The quantitative estimate of drug-likeness (QED) is 0.826. The van der Waals surface area contributed by atoms with E-state index in [-0.39, 0.29) is 11.9 Å². The van der Waals surface area contributed by atoms with Crippen molar-refractivity contribution >= 4 is 5.91 Å². The van der Waals surface area contributed by atoms with Crippen LogP contribution in [0.5, 0.6) is 5.75 Å². The molecule has 1 amide bonds. The van der Waals surface area contributed by atoms with Crippen LogP contribution in [0.1, 0.15) is 28.4 Å². The van der Waals surface area contributed by atoms with Gasteiger partial charge in [0.15, 0.2) is 0 Å². The van der Waals surface area contributed by atoms with Crippen molar-refractivity contribution in [3.63, 3.8) is 0 Å². The van der Waals surface area contributed by atoms with E-state index >= 15 is 0 Å². The SMILES string of the molecule is CNC(C)CNC(=O)c1cccc(OCc2cccc(C)c2)c1. The highest BCUT2D eigenvalue weighted by molar-refractivity contribution is 5.94. The van der Waals surface area contributed by atoms with Gasteiger partial charge in [-0.05, 0) is 44.7 Å². The Balaban J connectivity index is 1.95. The second-order valence-electron chi connectivity index (χ2n) is 5.71. The molecule has 1 unspecified atom stereocenters. The number of hydrogen-bond donors (Lipinski definition) is 2. The van der Waals surface area contributed by atoms with Crippen molar-refractivity contribution in [2.45, 2.75) is 26.5 Å². The van der Waals surface area contributed by atoms with Crippen LogP contribution in [-0.2, 0) is 6.61 Å². The number of aryl methyl sites for hydroxylation is 1. The summed E-state index contributed by atoms with van der Waals surface area (Å²) in [4.78, 5) is 12.1. The Morgan fingerprint density at radius 1 is 1.17 bits per heavy atom. The number of nitrogens with one attached hydrogen (secondary N) is 2. The van der Waals surface area contributed by atoms with Crippen molar-refractivity contribution in [3.8, 4) is 5.75 Å². The molecule has 0 radical (unpaired) electrons. The lowest BCUT2D eigenvalue weighted by Crippen LogP contribution is -2.37. The third-order valence-corrected chi connectivity index (χ3v) is 3.65. The largest absolute Gasteiger partial charge is 0.489 e. The van der Waals surface area contributed by atoms with Crippen LogP contribution in [0.2, 0.25) is 0 Å². The molecule has 0 aliphatic heterocycles. The van der Waals surface area contributed by atoms with E-state index in [1.165, 1.54) is 5.56 Å². The monoisotopic (exact) mass is 312 g/mol. The van der Waals surface area contributed by atoms with Gasteiger partial charge >= 0.3 is 0 Å². The average Bonchev–Trinajstić information content (AvgIpc) is 2.58. The van der Waals surface area contributed by atoms with Crippen molar-refractivity contribution in [3.05, 3.63) is 65.2 Å². The second-order valence-corrected chi connectivity index (χ2v) is 5.71. The maximum Gasteiger partial charge on any atom is 0.251 e. The van der Waals surface area contributed by atoms with Gasteiger partial charge in [0.2, 0.25) is 0 Å². The summed E-state index contributed by atoms with van der Waals surface area (Å²) in [5.74, 6) is 0.605. The number of carbonyl (C=O) groups excluding carboxylic acids is 1. The molecule has 0 heterocycles. The lowest BCUT2D eigenvalue weighted by Gasteiger charge is -2.12. The van der Waals surface area contributed by atoms with Crippen LogP contribution >= 0.6 is 0 Å². The van der Waals surface area contributed by atoms with Crippen LogP contribution in [0.3, 0.4) is 0 Å². The smallest absolute Gasteiger partial charge is 0.251 e. The molecule has 4 nitrogen and oxygen atoms in total. The summed E-state index contributed by atoms with van der Waals surface area (Å²) < 4.78 is 5.79. The van der Waals surface area contributed by atoms with E-state index in [4.69, 9.17) is 4.74 Å². The van der Waals surface area contributed by atoms with Gasteiger partial charge in [-0.15, -0.1) is 0 Å². The fourth-order valence-electron chi connectivity index (χ4n) is 2.15. The molecule has 1 atom stereocenters. The number of hydrogen-bond acceptors (Lipinski definition) is 3. The Labute approximate surface area is 137 Å². The van der Waals surface area contributed by atoms with Crippen molar-refractivity contribution < 1.29 is 9.53 Å². The topological polar surface area (TPSA) is 50.4 Å². The van der Waals surface area contributed by atoms with Crippen LogP contribution < -0.4 is 15.4 Å². The second kappa shape index (κ2) is 8.34.